The van der Waals surface area contributed by atoms with E-state index in [1.807, 2.05) is 0 Å². The van der Waals surface area contributed by atoms with Gasteiger partial charge < -0.3 is 10.0 Å². The summed E-state index contributed by atoms with van der Waals surface area (Å²) in [5.41, 5.74) is 0.512. The molecule has 0 radical (unpaired) electrons. The molecule has 1 amide bonds. The first kappa shape index (κ1) is 14.2. The molecule has 114 valence electrons. The molecule has 0 atom stereocenters. The fourth-order valence-corrected chi connectivity index (χ4v) is 2.57. The van der Waals surface area contributed by atoms with E-state index in [4.69, 9.17) is 5.11 Å². The van der Waals surface area contributed by atoms with E-state index in [2.05, 4.69) is 9.97 Å². The molecular weight excluding hydrogens is 284 g/mol. The highest BCUT2D eigenvalue weighted by molar-refractivity contribution is 5.94. The van der Waals surface area contributed by atoms with Crippen LogP contribution in [-0.4, -0.2) is 49.5 Å². The Hall–Kier alpha value is -2.70. The molecule has 1 fully saturated rings. The van der Waals surface area contributed by atoms with Gasteiger partial charge in [0.05, 0.1) is 11.5 Å². The van der Waals surface area contributed by atoms with Gasteiger partial charge in [-0.3, -0.25) is 14.2 Å². The molecule has 0 unspecified atom stereocenters. The van der Waals surface area contributed by atoms with Crippen LogP contribution in [-0.2, 0) is 4.79 Å². The molecule has 0 aromatic carbocycles. The van der Waals surface area contributed by atoms with Crippen LogP contribution in [0.5, 0.6) is 0 Å². The molecule has 7 nitrogen and oxygen atoms in total. The molecular formula is C15H16N4O3. The SMILES string of the molecule is O=C(O)C1CCN(C(=O)c2ccc(-n3ccnc3)nc2)CC1. The van der Waals surface area contributed by atoms with Crippen molar-refractivity contribution in [2.45, 2.75) is 12.8 Å². The first-order chi connectivity index (χ1) is 10.6. The van der Waals surface area contributed by atoms with Crippen molar-refractivity contribution < 1.29 is 14.7 Å². The number of hydrogen-bond donors (Lipinski definition) is 1. The van der Waals surface area contributed by atoms with E-state index >= 15 is 0 Å². The van der Waals surface area contributed by atoms with Crippen LogP contribution >= 0.6 is 0 Å². The quantitative estimate of drug-likeness (QED) is 0.920. The number of carbonyl (C=O) groups is 2. The fourth-order valence-electron chi connectivity index (χ4n) is 2.57. The summed E-state index contributed by atoms with van der Waals surface area (Å²) in [6.07, 6.45) is 7.62. The molecule has 2 aromatic heterocycles. The highest BCUT2D eigenvalue weighted by atomic mass is 16.4. The zero-order valence-corrected chi connectivity index (χ0v) is 11.9. The van der Waals surface area contributed by atoms with Crippen LogP contribution in [0, 0.1) is 5.92 Å². The molecule has 3 heterocycles. The van der Waals surface area contributed by atoms with Gasteiger partial charge >= 0.3 is 5.97 Å². The number of imidazole rings is 1. The Morgan fingerprint density at radius 3 is 2.55 bits per heavy atom. The summed E-state index contributed by atoms with van der Waals surface area (Å²) >= 11 is 0. The van der Waals surface area contributed by atoms with E-state index in [1.54, 1.807) is 46.5 Å². The number of rotatable bonds is 3. The molecule has 0 spiro atoms. The minimum atomic E-state index is -0.779. The Balaban J connectivity index is 1.67. The van der Waals surface area contributed by atoms with Crippen LogP contribution in [0.15, 0.2) is 37.1 Å². The van der Waals surface area contributed by atoms with Gasteiger partial charge in [-0.25, -0.2) is 9.97 Å². The fraction of sp³-hybridized carbons (Fsp3) is 0.333. The highest BCUT2D eigenvalue weighted by Crippen LogP contribution is 2.19. The van der Waals surface area contributed by atoms with Crippen molar-refractivity contribution in [3.05, 3.63) is 42.6 Å². The molecule has 2 aromatic rings. The molecule has 0 saturated carbocycles. The summed E-state index contributed by atoms with van der Waals surface area (Å²) in [5.74, 6) is -0.531. The third-order valence-electron chi connectivity index (χ3n) is 3.90. The summed E-state index contributed by atoms with van der Waals surface area (Å²) in [6, 6.07) is 3.49. The van der Waals surface area contributed by atoms with Gasteiger partial charge in [-0.2, -0.15) is 0 Å². The van der Waals surface area contributed by atoms with Crippen LogP contribution in [0.3, 0.4) is 0 Å². The lowest BCUT2D eigenvalue weighted by atomic mass is 9.97. The second-order valence-corrected chi connectivity index (χ2v) is 5.28. The molecule has 7 heteroatoms. The van der Waals surface area contributed by atoms with E-state index in [-0.39, 0.29) is 11.8 Å². The summed E-state index contributed by atoms with van der Waals surface area (Å²) in [5, 5.41) is 8.98. The van der Waals surface area contributed by atoms with Gasteiger partial charge in [0.15, 0.2) is 0 Å². The Kier molecular flexibility index (Phi) is 3.86. The molecule has 0 aliphatic carbocycles. The van der Waals surface area contributed by atoms with Gasteiger partial charge in [0.25, 0.3) is 5.91 Å². The molecule has 1 N–H and O–H groups in total. The van der Waals surface area contributed by atoms with Gasteiger partial charge in [0.1, 0.15) is 12.1 Å². The number of carboxylic acid groups (broad SMARTS) is 1. The number of nitrogens with zero attached hydrogens (tertiary/aromatic N) is 4. The van der Waals surface area contributed by atoms with Crippen molar-refractivity contribution in [1.29, 1.82) is 0 Å². The number of amides is 1. The van der Waals surface area contributed by atoms with E-state index < -0.39 is 5.97 Å². The van der Waals surface area contributed by atoms with Crippen LogP contribution in [0.2, 0.25) is 0 Å². The Morgan fingerprint density at radius 1 is 1.23 bits per heavy atom. The highest BCUT2D eigenvalue weighted by Gasteiger charge is 2.27. The summed E-state index contributed by atoms with van der Waals surface area (Å²) in [7, 11) is 0. The number of piperidine rings is 1. The second-order valence-electron chi connectivity index (χ2n) is 5.28. The summed E-state index contributed by atoms with van der Waals surface area (Å²) in [4.78, 5) is 33.2. The lowest BCUT2D eigenvalue weighted by Crippen LogP contribution is -2.40. The number of aliphatic carboxylic acids is 1. The second kappa shape index (κ2) is 5.97. The zero-order chi connectivity index (χ0) is 15.5. The Morgan fingerprint density at radius 2 is 2.00 bits per heavy atom. The third-order valence-corrected chi connectivity index (χ3v) is 3.90. The lowest BCUT2D eigenvalue weighted by molar-refractivity contribution is -0.143. The number of pyridine rings is 1. The summed E-state index contributed by atoms with van der Waals surface area (Å²) < 4.78 is 1.76. The van der Waals surface area contributed by atoms with Gasteiger partial charge in [-0.05, 0) is 25.0 Å². The van der Waals surface area contributed by atoms with Crippen LogP contribution in [0.1, 0.15) is 23.2 Å². The average molecular weight is 300 g/mol. The zero-order valence-electron chi connectivity index (χ0n) is 11.9. The first-order valence-corrected chi connectivity index (χ1v) is 7.11. The predicted octanol–water partition coefficient (Wildman–Crippen LogP) is 1.20. The Labute approximate surface area is 127 Å². The Bertz CT molecular complexity index is 659. The maximum atomic E-state index is 12.4. The van der Waals surface area contributed by atoms with Crippen LogP contribution in [0.25, 0.3) is 5.82 Å². The number of likely N-dealkylation sites (tertiary alicyclic amines) is 1. The van der Waals surface area contributed by atoms with Gasteiger partial charge in [0, 0.05) is 31.7 Å². The van der Waals surface area contributed by atoms with Gasteiger partial charge in [0.2, 0.25) is 0 Å². The van der Waals surface area contributed by atoms with Crippen molar-refractivity contribution in [2.75, 3.05) is 13.1 Å². The first-order valence-electron chi connectivity index (χ1n) is 7.11. The number of hydrogen-bond acceptors (Lipinski definition) is 4. The molecule has 1 aliphatic heterocycles. The number of aromatic nitrogens is 3. The molecule has 0 bridgehead atoms. The molecule has 22 heavy (non-hydrogen) atoms. The standard InChI is InChI=1S/C15H16N4O3/c20-14(18-6-3-11(4-7-18)15(21)22)12-1-2-13(17-9-12)19-8-5-16-10-19/h1-2,5,8-11H,3-4,6-7H2,(H,21,22). The smallest absolute Gasteiger partial charge is 0.306 e. The van der Waals surface area contributed by atoms with Gasteiger partial charge in [-0.1, -0.05) is 0 Å². The lowest BCUT2D eigenvalue weighted by Gasteiger charge is -2.30. The van der Waals surface area contributed by atoms with Crippen molar-refractivity contribution >= 4 is 11.9 Å². The minimum Gasteiger partial charge on any atom is -0.481 e. The van der Waals surface area contributed by atoms with Crippen molar-refractivity contribution in [3.63, 3.8) is 0 Å². The van der Waals surface area contributed by atoms with Gasteiger partial charge in [-0.15, -0.1) is 0 Å². The van der Waals surface area contributed by atoms with E-state index in [9.17, 15) is 9.59 Å². The van der Waals surface area contributed by atoms with Crippen molar-refractivity contribution in [2.24, 2.45) is 5.92 Å². The normalized spacial score (nSPS) is 15.7. The number of carbonyl (C=O) groups excluding carboxylic acids is 1. The maximum absolute atomic E-state index is 12.4. The van der Waals surface area contributed by atoms with E-state index in [0.29, 0.717) is 37.3 Å². The van der Waals surface area contributed by atoms with Crippen molar-refractivity contribution in [3.8, 4) is 5.82 Å². The predicted molar refractivity (Wildman–Crippen MR) is 77.6 cm³/mol. The number of carboxylic acids is 1. The van der Waals surface area contributed by atoms with E-state index in [1.165, 1.54) is 0 Å². The molecule has 1 saturated heterocycles. The maximum Gasteiger partial charge on any atom is 0.306 e. The minimum absolute atomic E-state index is 0.103. The monoisotopic (exact) mass is 300 g/mol. The van der Waals surface area contributed by atoms with E-state index in [0.717, 1.165) is 0 Å². The third kappa shape index (κ3) is 2.83. The van der Waals surface area contributed by atoms with Crippen molar-refractivity contribution in [1.82, 2.24) is 19.4 Å². The molecule has 3 rings (SSSR count). The summed E-state index contributed by atoms with van der Waals surface area (Å²) in [6.45, 7) is 0.943. The van der Waals surface area contributed by atoms with Crippen LogP contribution in [0.4, 0.5) is 0 Å². The van der Waals surface area contributed by atoms with Crippen LogP contribution < -0.4 is 0 Å². The average Bonchev–Trinajstić information content (AvgIpc) is 3.09. The largest absolute Gasteiger partial charge is 0.481 e. The molecule has 1 aliphatic rings. The topological polar surface area (TPSA) is 88.3 Å².